The summed E-state index contributed by atoms with van der Waals surface area (Å²) >= 11 is 0. The maximum atomic E-state index is 13.0. The highest BCUT2D eigenvalue weighted by Gasteiger charge is 2.30. The zero-order chi connectivity index (χ0) is 67.5. The second-order valence-electron chi connectivity index (χ2n) is 27.4. The fourth-order valence-corrected chi connectivity index (χ4v) is 12.4. The van der Waals surface area contributed by atoms with Gasteiger partial charge >= 0.3 is 39.5 Å². The first-order valence-electron chi connectivity index (χ1n) is 37.3. The molecule has 540 valence electrons. The number of ether oxygens (including phenoxy) is 4. The summed E-state index contributed by atoms with van der Waals surface area (Å²) in [4.78, 5) is 72.6. The number of unbranched alkanes of at least 4 members (excludes halogenated alkanes) is 33. The Morgan fingerprint density at radius 3 is 0.780 bits per heavy atom. The van der Waals surface area contributed by atoms with Gasteiger partial charge in [-0.1, -0.05) is 306 Å². The number of rotatable bonds is 69. The highest BCUT2D eigenvalue weighted by atomic mass is 31.2. The lowest BCUT2D eigenvalue weighted by molar-refractivity contribution is -0.161. The minimum Gasteiger partial charge on any atom is -0.462 e. The molecule has 0 aliphatic heterocycles. The predicted molar refractivity (Wildman–Crippen MR) is 367 cm³/mol. The number of carbonyl (C=O) groups is 4. The minimum atomic E-state index is -4.95. The van der Waals surface area contributed by atoms with Crippen LogP contribution >= 0.6 is 15.6 Å². The maximum Gasteiger partial charge on any atom is 0.472 e. The van der Waals surface area contributed by atoms with Crippen LogP contribution in [0.1, 0.15) is 357 Å². The van der Waals surface area contributed by atoms with Crippen LogP contribution in [0.15, 0.2) is 0 Å². The van der Waals surface area contributed by atoms with Gasteiger partial charge in [-0.2, -0.15) is 0 Å². The third-order valence-corrected chi connectivity index (χ3v) is 19.2. The van der Waals surface area contributed by atoms with Crippen molar-refractivity contribution in [2.45, 2.75) is 375 Å². The van der Waals surface area contributed by atoms with Gasteiger partial charge in [-0.25, -0.2) is 9.13 Å². The second kappa shape index (κ2) is 61.6. The summed E-state index contributed by atoms with van der Waals surface area (Å²) in [6.45, 7) is 14.1. The molecule has 0 rings (SSSR count). The quantitative estimate of drug-likeness (QED) is 0.0222. The van der Waals surface area contributed by atoms with Gasteiger partial charge in [-0.05, 0) is 49.4 Å². The van der Waals surface area contributed by atoms with Crippen LogP contribution < -0.4 is 0 Å². The van der Waals surface area contributed by atoms with Crippen molar-refractivity contribution in [3.63, 3.8) is 0 Å². The van der Waals surface area contributed by atoms with E-state index in [0.29, 0.717) is 31.6 Å². The predicted octanol–water partition coefficient (Wildman–Crippen LogP) is 20.5. The molecule has 0 bridgehead atoms. The van der Waals surface area contributed by atoms with Gasteiger partial charge in [0.1, 0.15) is 19.3 Å². The van der Waals surface area contributed by atoms with Crippen LogP contribution in [0, 0.1) is 23.7 Å². The van der Waals surface area contributed by atoms with Crippen molar-refractivity contribution in [3.05, 3.63) is 0 Å². The summed E-state index contributed by atoms with van der Waals surface area (Å²) in [6, 6.07) is 0. The molecular formula is C72H140O17P2. The minimum absolute atomic E-state index is 0.102. The molecule has 4 unspecified atom stereocenters. The lowest BCUT2D eigenvalue weighted by atomic mass is 9.99. The van der Waals surface area contributed by atoms with Crippen molar-refractivity contribution >= 4 is 39.5 Å². The monoisotopic (exact) mass is 1340 g/mol. The number of aliphatic hydroxyl groups excluding tert-OH is 1. The van der Waals surface area contributed by atoms with E-state index in [4.69, 9.17) is 37.0 Å². The van der Waals surface area contributed by atoms with Crippen molar-refractivity contribution in [1.82, 2.24) is 0 Å². The van der Waals surface area contributed by atoms with Gasteiger partial charge < -0.3 is 33.8 Å². The molecule has 0 radical (unpaired) electrons. The first-order valence-corrected chi connectivity index (χ1v) is 40.3. The molecular weight excluding hydrogens is 1200 g/mol. The third kappa shape index (κ3) is 63.9. The standard InChI is InChI=1S/C72H140O17P2/c1-9-64(7)50-42-34-25-21-17-13-11-12-14-18-22-26-36-44-52-69(74)82-58-68(89-72(77)55-47-39-30-28-33-41-49-63(5)6)61-87-91(80,81)85-57-66(73)56-84-90(78,79)86-60-67(59-83-70(75)53-45-37-31-29-35-43-51-65(8)10-2)88-71(76)54-46-38-27-23-19-15-16-20-24-32-40-48-62(3)4/h62-68,73H,9-61H2,1-8H3,(H,78,79)(H,80,81)/t64?,65?,66-,67+,68+/m0/s1. The number of phosphoric acid groups is 2. The van der Waals surface area contributed by atoms with E-state index in [1.807, 2.05) is 0 Å². The Kier molecular flexibility index (Phi) is 60.3. The van der Waals surface area contributed by atoms with Crippen LogP contribution in [0.2, 0.25) is 0 Å². The summed E-state index contributed by atoms with van der Waals surface area (Å²) in [7, 11) is -9.90. The van der Waals surface area contributed by atoms with E-state index in [-0.39, 0.29) is 25.7 Å². The normalized spacial score (nSPS) is 14.8. The smallest absolute Gasteiger partial charge is 0.462 e. The lowest BCUT2D eigenvalue weighted by Crippen LogP contribution is -2.30. The first kappa shape index (κ1) is 89.1. The van der Waals surface area contributed by atoms with Crippen LogP contribution in [0.3, 0.4) is 0 Å². The highest BCUT2D eigenvalue weighted by Crippen LogP contribution is 2.45. The van der Waals surface area contributed by atoms with E-state index in [1.54, 1.807) is 0 Å². The van der Waals surface area contributed by atoms with Gasteiger partial charge in [0.15, 0.2) is 12.2 Å². The van der Waals surface area contributed by atoms with Gasteiger partial charge in [-0.3, -0.25) is 37.3 Å². The number of esters is 4. The van der Waals surface area contributed by atoms with Crippen molar-refractivity contribution in [1.29, 1.82) is 0 Å². The molecule has 7 atom stereocenters. The molecule has 0 heterocycles. The number of phosphoric ester groups is 2. The molecule has 3 N–H and O–H groups in total. The average Bonchev–Trinajstić information content (AvgIpc) is 3.21. The molecule has 0 aliphatic carbocycles. The molecule has 91 heavy (non-hydrogen) atoms. The van der Waals surface area contributed by atoms with Crippen molar-refractivity contribution in [3.8, 4) is 0 Å². The van der Waals surface area contributed by atoms with Crippen molar-refractivity contribution in [2.75, 3.05) is 39.6 Å². The largest absolute Gasteiger partial charge is 0.472 e. The molecule has 0 saturated carbocycles. The Balaban J connectivity index is 5.18. The third-order valence-electron chi connectivity index (χ3n) is 17.3. The van der Waals surface area contributed by atoms with Crippen LogP contribution in [0.25, 0.3) is 0 Å². The summed E-state index contributed by atoms with van der Waals surface area (Å²) in [5.41, 5.74) is 0. The summed E-state index contributed by atoms with van der Waals surface area (Å²) in [5, 5.41) is 10.6. The summed E-state index contributed by atoms with van der Waals surface area (Å²) in [6.07, 6.45) is 44.6. The van der Waals surface area contributed by atoms with E-state index in [1.165, 1.54) is 154 Å². The molecule has 0 spiro atoms. The van der Waals surface area contributed by atoms with Crippen LogP contribution in [-0.2, 0) is 65.4 Å². The molecule has 17 nitrogen and oxygen atoms in total. The Hall–Kier alpha value is -1.94. The molecule has 19 heteroatoms. The van der Waals surface area contributed by atoms with Crippen LogP contribution in [0.5, 0.6) is 0 Å². The maximum absolute atomic E-state index is 13.0. The van der Waals surface area contributed by atoms with Crippen LogP contribution in [-0.4, -0.2) is 96.7 Å². The van der Waals surface area contributed by atoms with E-state index < -0.39 is 97.5 Å². The Bertz CT molecular complexity index is 1800. The zero-order valence-corrected chi connectivity index (χ0v) is 61.3. The fraction of sp³-hybridized carbons (Fsp3) is 0.944. The second-order valence-corrected chi connectivity index (χ2v) is 30.3. The molecule has 0 saturated heterocycles. The summed E-state index contributed by atoms with van der Waals surface area (Å²) < 4.78 is 68.3. The lowest BCUT2D eigenvalue weighted by Gasteiger charge is -2.21. The highest BCUT2D eigenvalue weighted by molar-refractivity contribution is 7.47. The molecule has 0 amide bonds. The van der Waals surface area contributed by atoms with Gasteiger partial charge in [0.05, 0.1) is 26.4 Å². The van der Waals surface area contributed by atoms with E-state index in [2.05, 4.69) is 55.4 Å². The van der Waals surface area contributed by atoms with Gasteiger partial charge in [0, 0.05) is 25.7 Å². The van der Waals surface area contributed by atoms with Gasteiger partial charge in [-0.15, -0.1) is 0 Å². The number of carbonyl (C=O) groups excluding carboxylic acids is 4. The van der Waals surface area contributed by atoms with Crippen molar-refractivity contribution < 1.29 is 80.2 Å². The molecule has 0 aromatic rings. The van der Waals surface area contributed by atoms with Crippen molar-refractivity contribution in [2.24, 2.45) is 23.7 Å². The Labute approximate surface area is 556 Å². The Morgan fingerprint density at radius 2 is 0.527 bits per heavy atom. The average molecular weight is 1340 g/mol. The Morgan fingerprint density at radius 1 is 0.308 bits per heavy atom. The van der Waals surface area contributed by atoms with E-state index in [9.17, 15) is 43.2 Å². The number of hydrogen-bond donors (Lipinski definition) is 3. The van der Waals surface area contributed by atoms with E-state index >= 15 is 0 Å². The molecule has 0 aromatic carbocycles. The van der Waals surface area contributed by atoms with Gasteiger partial charge in [0.25, 0.3) is 0 Å². The topological polar surface area (TPSA) is 237 Å². The zero-order valence-electron chi connectivity index (χ0n) is 59.5. The molecule has 0 aliphatic rings. The van der Waals surface area contributed by atoms with Gasteiger partial charge in [0.2, 0.25) is 0 Å². The first-order chi connectivity index (χ1) is 43.7. The number of hydrogen-bond acceptors (Lipinski definition) is 15. The molecule has 0 aromatic heterocycles. The number of aliphatic hydroxyl groups is 1. The molecule has 0 fully saturated rings. The van der Waals surface area contributed by atoms with E-state index in [0.717, 1.165) is 114 Å². The van der Waals surface area contributed by atoms with Crippen LogP contribution in [0.4, 0.5) is 0 Å². The SMILES string of the molecule is CCC(C)CCCCCCCCCCCCCCCCC(=O)OC[C@H](COP(=O)(O)OC[C@@H](O)COP(=O)(O)OC[C@@H](COC(=O)CCCCCCCCC(C)CC)OC(=O)CCCCCCCCCCCCCC(C)C)OC(=O)CCCCCCCCC(C)C. The fourth-order valence-electron chi connectivity index (χ4n) is 10.8. The summed E-state index contributed by atoms with van der Waals surface area (Å²) in [5.74, 6) is 0.884.